The van der Waals surface area contributed by atoms with E-state index in [1.807, 2.05) is 0 Å². The molecule has 0 spiro atoms. The van der Waals surface area contributed by atoms with E-state index < -0.39 is 17.3 Å². The average Bonchev–Trinajstić information content (AvgIpc) is 2.33. The van der Waals surface area contributed by atoms with Gasteiger partial charge in [0, 0.05) is 13.6 Å². The highest BCUT2D eigenvalue weighted by atomic mass is 16.5. The molecule has 0 saturated carbocycles. The molecule has 116 valence electrons. The van der Waals surface area contributed by atoms with Crippen molar-refractivity contribution < 1.29 is 19.1 Å². The van der Waals surface area contributed by atoms with E-state index in [9.17, 15) is 14.4 Å². The molecule has 0 aromatic carbocycles. The Bertz CT molecular complexity index is 361. The molecule has 0 rings (SSSR count). The number of hydrogen-bond donors (Lipinski definition) is 1. The number of likely N-dealkylation sites (N-methyl/N-ethyl adjacent to an activating group) is 2. The van der Waals surface area contributed by atoms with Crippen molar-refractivity contribution in [2.75, 3.05) is 26.7 Å². The zero-order valence-electron chi connectivity index (χ0n) is 13.3. The van der Waals surface area contributed by atoms with Gasteiger partial charge in [-0.3, -0.25) is 14.4 Å². The fourth-order valence-corrected chi connectivity index (χ4v) is 1.83. The van der Waals surface area contributed by atoms with Crippen molar-refractivity contribution in [3.8, 4) is 0 Å². The second kappa shape index (κ2) is 7.87. The number of carbonyl (C=O) groups excluding carboxylic acids is 3. The molecule has 0 saturated heterocycles. The minimum Gasteiger partial charge on any atom is -0.465 e. The van der Waals surface area contributed by atoms with Crippen molar-refractivity contribution in [2.45, 2.75) is 34.6 Å². The number of ether oxygens (including phenoxy) is 1. The van der Waals surface area contributed by atoms with Crippen LogP contribution >= 0.6 is 0 Å². The number of carbonyl (C=O) groups is 3. The number of amides is 2. The first kappa shape index (κ1) is 18.4. The summed E-state index contributed by atoms with van der Waals surface area (Å²) in [6.45, 7) is 9.41. The summed E-state index contributed by atoms with van der Waals surface area (Å²) in [4.78, 5) is 37.4. The van der Waals surface area contributed by atoms with Crippen LogP contribution in [0, 0.1) is 11.3 Å². The Morgan fingerprint density at radius 3 is 2.10 bits per heavy atom. The number of rotatable bonds is 6. The van der Waals surface area contributed by atoms with Crippen molar-refractivity contribution in [1.82, 2.24) is 10.2 Å². The maximum Gasteiger partial charge on any atom is 0.319 e. The van der Waals surface area contributed by atoms with E-state index in [0.717, 1.165) is 0 Å². The number of esters is 1. The number of nitrogens with one attached hydrogen (secondary N) is 1. The van der Waals surface area contributed by atoms with Gasteiger partial charge >= 0.3 is 5.97 Å². The normalized spacial score (nSPS) is 12.5. The van der Waals surface area contributed by atoms with E-state index in [-0.39, 0.29) is 25.0 Å². The van der Waals surface area contributed by atoms with Gasteiger partial charge in [0.1, 0.15) is 5.92 Å². The molecule has 0 bridgehead atoms. The molecule has 0 aliphatic heterocycles. The summed E-state index contributed by atoms with van der Waals surface area (Å²) < 4.78 is 4.99. The van der Waals surface area contributed by atoms with Crippen LogP contribution in [-0.4, -0.2) is 49.4 Å². The summed E-state index contributed by atoms with van der Waals surface area (Å²) in [5.74, 6) is -2.09. The summed E-state index contributed by atoms with van der Waals surface area (Å²) in [7, 11) is 1.51. The molecule has 0 aromatic rings. The maximum absolute atomic E-state index is 12.5. The third kappa shape index (κ3) is 5.19. The van der Waals surface area contributed by atoms with Crippen LogP contribution in [0.3, 0.4) is 0 Å². The lowest BCUT2D eigenvalue weighted by Crippen LogP contribution is -2.48. The zero-order valence-corrected chi connectivity index (χ0v) is 13.3. The summed E-state index contributed by atoms with van der Waals surface area (Å²) >= 11 is 0. The molecule has 2 amide bonds. The molecular formula is C14H26N2O4. The molecular weight excluding hydrogens is 260 g/mol. The Labute approximate surface area is 120 Å². The first-order valence-corrected chi connectivity index (χ1v) is 6.85. The molecule has 0 aliphatic rings. The highest BCUT2D eigenvalue weighted by Gasteiger charge is 2.41. The van der Waals surface area contributed by atoms with Gasteiger partial charge in [-0.15, -0.1) is 0 Å². The Morgan fingerprint density at radius 1 is 1.20 bits per heavy atom. The van der Waals surface area contributed by atoms with Gasteiger partial charge in [0.2, 0.25) is 11.8 Å². The van der Waals surface area contributed by atoms with Crippen molar-refractivity contribution in [2.24, 2.45) is 11.3 Å². The molecule has 0 radical (unpaired) electrons. The molecule has 6 heteroatoms. The van der Waals surface area contributed by atoms with Gasteiger partial charge in [0.25, 0.3) is 0 Å². The Hall–Kier alpha value is -1.59. The van der Waals surface area contributed by atoms with Crippen LogP contribution in [0.5, 0.6) is 0 Å². The average molecular weight is 286 g/mol. The predicted octanol–water partition coefficient (Wildman–Crippen LogP) is 0.806. The van der Waals surface area contributed by atoms with Gasteiger partial charge in [-0.2, -0.15) is 0 Å². The number of hydrogen-bond acceptors (Lipinski definition) is 4. The fraction of sp³-hybridized carbons (Fsp3) is 0.786. The third-order valence-electron chi connectivity index (χ3n) is 2.94. The first-order valence-electron chi connectivity index (χ1n) is 6.85. The van der Waals surface area contributed by atoms with Crippen LogP contribution in [0.1, 0.15) is 34.6 Å². The third-order valence-corrected chi connectivity index (χ3v) is 2.94. The van der Waals surface area contributed by atoms with Gasteiger partial charge in [0.15, 0.2) is 0 Å². The lowest BCUT2D eigenvalue weighted by Gasteiger charge is -2.32. The Morgan fingerprint density at radius 2 is 1.75 bits per heavy atom. The summed E-state index contributed by atoms with van der Waals surface area (Å²) in [6.07, 6.45) is 0. The smallest absolute Gasteiger partial charge is 0.319 e. The van der Waals surface area contributed by atoms with Crippen LogP contribution in [0.2, 0.25) is 0 Å². The van der Waals surface area contributed by atoms with Gasteiger partial charge in [-0.25, -0.2) is 0 Å². The standard InChI is InChI=1S/C14H26N2O4/c1-7-16(9-10(17)15-6)12(18)11(14(3,4)5)13(19)20-8-2/h11H,7-9H2,1-6H3,(H,15,17). The van der Waals surface area contributed by atoms with Gasteiger partial charge in [0.05, 0.1) is 13.2 Å². The molecule has 0 aromatic heterocycles. The van der Waals surface area contributed by atoms with E-state index >= 15 is 0 Å². The zero-order chi connectivity index (χ0) is 15.9. The van der Waals surface area contributed by atoms with Crippen LogP contribution in [0.15, 0.2) is 0 Å². The van der Waals surface area contributed by atoms with Crippen LogP contribution in [0.25, 0.3) is 0 Å². The molecule has 0 aliphatic carbocycles. The van der Waals surface area contributed by atoms with E-state index in [4.69, 9.17) is 4.74 Å². The monoisotopic (exact) mass is 286 g/mol. The Balaban J connectivity index is 5.20. The van der Waals surface area contributed by atoms with E-state index in [0.29, 0.717) is 6.54 Å². The number of nitrogens with zero attached hydrogens (tertiary/aromatic N) is 1. The minimum absolute atomic E-state index is 0.0577. The molecule has 1 N–H and O–H groups in total. The van der Waals surface area contributed by atoms with Crippen molar-refractivity contribution in [3.63, 3.8) is 0 Å². The fourth-order valence-electron chi connectivity index (χ4n) is 1.83. The highest BCUT2D eigenvalue weighted by Crippen LogP contribution is 2.29. The van der Waals surface area contributed by atoms with Crippen LogP contribution < -0.4 is 5.32 Å². The maximum atomic E-state index is 12.5. The summed E-state index contributed by atoms with van der Waals surface area (Å²) in [6, 6.07) is 0. The van der Waals surface area contributed by atoms with Crippen molar-refractivity contribution >= 4 is 17.8 Å². The highest BCUT2D eigenvalue weighted by molar-refractivity contribution is 5.99. The Kier molecular flexibility index (Phi) is 7.24. The quantitative estimate of drug-likeness (QED) is 0.579. The van der Waals surface area contributed by atoms with Crippen molar-refractivity contribution in [1.29, 1.82) is 0 Å². The van der Waals surface area contributed by atoms with E-state index in [1.165, 1.54) is 11.9 Å². The summed E-state index contributed by atoms with van der Waals surface area (Å²) in [5, 5.41) is 2.47. The van der Waals surface area contributed by atoms with Gasteiger partial charge < -0.3 is 15.0 Å². The molecule has 20 heavy (non-hydrogen) atoms. The van der Waals surface area contributed by atoms with Crippen LogP contribution in [-0.2, 0) is 19.1 Å². The minimum atomic E-state index is -0.910. The van der Waals surface area contributed by atoms with Gasteiger partial charge in [-0.1, -0.05) is 20.8 Å². The molecule has 1 unspecified atom stereocenters. The molecule has 1 atom stereocenters. The second-order valence-electron chi connectivity index (χ2n) is 5.58. The lowest BCUT2D eigenvalue weighted by atomic mass is 9.79. The van der Waals surface area contributed by atoms with Crippen LogP contribution in [0.4, 0.5) is 0 Å². The largest absolute Gasteiger partial charge is 0.465 e. The molecule has 6 nitrogen and oxygen atoms in total. The topological polar surface area (TPSA) is 75.7 Å². The van der Waals surface area contributed by atoms with Crippen molar-refractivity contribution in [3.05, 3.63) is 0 Å². The second-order valence-corrected chi connectivity index (χ2v) is 5.58. The lowest BCUT2D eigenvalue weighted by molar-refractivity contribution is -0.161. The predicted molar refractivity (Wildman–Crippen MR) is 75.9 cm³/mol. The molecule has 0 heterocycles. The van der Waals surface area contributed by atoms with E-state index in [1.54, 1.807) is 34.6 Å². The molecule has 0 fully saturated rings. The SMILES string of the molecule is CCOC(=O)C(C(=O)N(CC)CC(=O)NC)C(C)(C)C. The van der Waals surface area contributed by atoms with Gasteiger partial charge in [-0.05, 0) is 19.3 Å². The van der Waals surface area contributed by atoms with E-state index in [2.05, 4.69) is 5.32 Å². The first-order chi connectivity index (χ1) is 9.18. The summed E-state index contributed by atoms with van der Waals surface area (Å²) in [5.41, 5.74) is -0.570.